The van der Waals surface area contributed by atoms with Gasteiger partial charge in [0, 0.05) is 11.3 Å². The van der Waals surface area contributed by atoms with Crippen molar-refractivity contribution in [1.82, 2.24) is 15.2 Å². The first-order valence-corrected chi connectivity index (χ1v) is 7.32. The van der Waals surface area contributed by atoms with Crippen molar-refractivity contribution < 1.29 is 13.6 Å². The fourth-order valence-corrected chi connectivity index (χ4v) is 2.11. The van der Waals surface area contributed by atoms with Crippen molar-refractivity contribution in [3.8, 4) is 0 Å². The van der Waals surface area contributed by atoms with Gasteiger partial charge in [-0.05, 0) is 31.2 Å². The Labute approximate surface area is 141 Å². The van der Waals surface area contributed by atoms with Gasteiger partial charge in [0.1, 0.15) is 17.3 Å². The lowest BCUT2D eigenvalue weighted by Gasteiger charge is -2.09. The molecule has 3 rings (SSSR count). The zero-order chi connectivity index (χ0) is 17.8. The number of carbonyl (C=O) groups excluding carboxylic acids is 1. The van der Waals surface area contributed by atoms with Crippen LogP contribution in [-0.2, 0) is 0 Å². The highest BCUT2D eigenvalue weighted by atomic mass is 19.1. The number of hydrogen-bond donors (Lipinski definition) is 2. The number of benzene rings is 2. The molecule has 0 radical (unpaired) electrons. The minimum absolute atomic E-state index is 0.0677. The van der Waals surface area contributed by atoms with E-state index in [2.05, 4.69) is 25.8 Å². The molecular formula is C17H13F2N5O. The molecule has 2 aromatic carbocycles. The molecule has 0 unspecified atom stereocenters. The number of hydrogen-bond acceptors (Lipinski definition) is 6. The average Bonchev–Trinajstić information content (AvgIpc) is 2.59. The van der Waals surface area contributed by atoms with Crippen molar-refractivity contribution in [2.75, 3.05) is 10.6 Å². The Morgan fingerprint density at radius 3 is 2.48 bits per heavy atom. The molecule has 6 nitrogen and oxygen atoms in total. The van der Waals surface area contributed by atoms with Crippen LogP contribution in [0.2, 0.25) is 0 Å². The topological polar surface area (TPSA) is 79.8 Å². The van der Waals surface area contributed by atoms with Gasteiger partial charge in [0.15, 0.2) is 11.6 Å². The van der Waals surface area contributed by atoms with Crippen LogP contribution in [0.15, 0.2) is 48.7 Å². The molecule has 2 N–H and O–H groups in total. The second kappa shape index (κ2) is 7.00. The number of carbonyl (C=O) groups is 1. The highest BCUT2D eigenvalue weighted by molar-refractivity contribution is 5.95. The SMILES string of the molecule is CC(=O)c1cccc(Nc2cnnc(Nc3c(F)cccc3F)n2)c1. The summed E-state index contributed by atoms with van der Waals surface area (Å²) in [7, 11) is 0. The van der Waals surface area contributed by atoms with Crippen LogP contribution in [0.25, 0.3) is 0 Å². The number of halogens is 2. The molecule has 0 bridgehead atoms. The van der Waals surface area contributed by atoms with Crippen molar-refractivity contribution in [2.24, 2.45) is 0 Å². The van der Waals surface area contributed by atoms with Crippen LogP contribution in [0, 0.1) is 11.6 Å². The predicted molar refractivity (Wildman–Crippen MR) is 89.2 cm³/mol. The molecule has 0 saturated heterocycles. The summed E-state index contributed by atoms with van der Waals surface area (Å²) in [4.78, 5) is 15.5. The standard InChI is InChI=1S/C17H13F2N5O/c1-10(25)11-4-2-5-12(8-11)21-15-9-20-24-17(22-15)23-16-13(18)6-3-7-14(16)19/h2-9H,1H3,(H2,21,22,23,24). The number of Topliss-reactive ketones (excluding diaryl/α,β-unsaturated/α-hetero) is 1. The summed E-state index contributed by atoms with van der Waals surface area (Å²) in [5.74, 6) is -1.37. The molecule has 1 aromatic heterocycles. The Bertz CT molecular complexity index is 912. The van der Waals surface area contributed by atoms with Crippen LogP contribution in [0.4, 0.5) is 31.9 Å². The summed E-state index contributed by atoms with van der Waals surface area (Å²) in [5, 5.41) is 12.9. The summed E-state index contributed by atoms with van der Waals surface area (Å²) in [6.45, 7) is 1.47. The van der Waals surface area contributed by atoms with E-state index in [0.29, 0.717) is 17.1 Å². The van der Waals surface area contributed by atoms with Crippen LogP contribution >= 0.6 is 0 Å². The van der Waals surface area contributed by atoms with E-state index in [1.54, 1.807) is 24.3 Å². The quantitative estimate of drug-likeness (QED) is 0.687. The lowest BCUT2D eigenvalue weighted by molar-refractivity contribution is 0.101. The fraction of sp³-hybridized carbons (Fsp3) is 0.0588. The lowest BCUT2D eigenvalue weighted by atomic mass is 10.1. The fourth-order valence-electron chi connectivity index (χ4n) is 2.11. The highest BCUT2D eigenvalue weighted by Gasteiger charge is 2.11. The molecule has 0 aliphatic rings. The summed E-state index contributed by atoms with van der Waals surface area (Å²) in [5.41, 5.74) is 0.801. The molecule has 25 heavy (non-hydrogen) atoms. The molecule has 0 fully saturated rings. The lowest BCUT2D eigenvalue weighted by Crippen LogP contribution is -2.05. The Morgan fingerprint density at radius 2 is 1.76 bits per heavy atom. The molecule has 8 heteroatoms. The van der Waals surface area contributed by atoms with E-state index in [9.17, 15) is 13.6 Å². The van der Waals surface area contributed by atoms with Crippen LogP contribution in [0.1, 0.15) is 17.3 Å². The van der Waals surface area contributed by atoms with Gasteiger partial charge in [-0.1, -0.05) is 18.2 Å². The van der Waals surface area contributed by atoms with Crippen molar-refractivity contribution >= 4 is 28.9 Å². The van der Waals surface area contributed by atoms with Crippen LogP contribution in [-0.4, -0.2) is 21.0 Å². The van der Waals surface area contributed by atoms with Crippen molar-refractivity contribution in [2.45, 2.75) is 6.92 Å². The minimum atomic E-state index is -0.767. The third-order valence-electron chi connectivity index (χ3n) is 3.30. The monoisotopic (exact) mass is 341 g/mol. The second-order valence-corrected chi connectivity index (χ2v) is 5.15. The minimum Gasteiger partial charge on any atom is -0.339 e. The van der Waals surface area contributed by atoms with Crippen molar-refractivity contribution in [3.63, 3.8) is 0 Å². The van der Waals surface area contributed by atoms with E-state index >= 15 is 0 Å². The third-order valence-corrected chi connectivity index (χ3v) is 3.30. The predicted octanol–water partition coefficient (Wildman–Crippen LogP) is 3.84. The second-order valence-electron chi connectivity index (χ2n) is 5.15. The van der Waals surface area contributed by atoms with E-state index in [4.69, 9.17) is 0 Å². The molecule has 0 amide bonds. The third kappa shape index (κ3) is 3.92. The van der Waals surface area contributed by atoms with Gasteiger partial charge < -0.3 is 10.6 Å². The maximum absolute atomic E-state index is 13.7. The van der Waals surface area contributed by atoms with Crippen LogP contribution in [0.5, 0.6) is 0 Å². The van der Waals surface area contributed by atoms with E-state index in [0.717, 1.165) is 12.1 Å². The number of para-hydroxylation sites is 1. The summed E-state index contributed by atoms with van der Waals surface area (Å²) in [6, 6.07) is 10.3. The normalized spacial score (nSPS) is 10.4. The largest absolute Gasteiger partial charge is 0.339 e. The summed E-state index contributed by atoms with van der Waals surface area (Å²) in [6.07, 6.45) is 1.35. The Balaban J connectivity index is 1.82. The van der Waals surface area contributed by atoms with Crippen molar-refractivity contribution in [1.29, 1.82) is 0 Å². The van der Waals surface area contributed by atoms with Crippen LogP contribution in [0.3, 0.4) is 0 Å². The molecule has 3 aromatic rings. The first-order valence-electron chi connectivity index (χ1n) is 7.32. The molecule has 1 heterocycles. The number of nitrogens with zero attached hydrogens (tertiary/aromatic N) is 3. The summed E-state index contributed by atoms with van der Waals surface area (Å²) >= 11 is 0. The smallest absolute Gasteiger partial charge is 0.249 e. The molecule has 0 spiro atoms. The van der Waals surface area contributed by atoms with Gasteiger partial charge in [0.25, 0.3) is 0 Å². The first kappa shape index (κ1) is 16.4. The molecule has 0 saturated carbocycles. The average molecular weight is 341 g/mol. The number of rotatable bonds is 5. The van der Waals surface area contributed by atoms with E-state index in [1.165, 1.54) is 19.2 Å². The van der Waals surface area contributed by atoms with Gasteiger partial charge in [-0.15, -0.1) is 5.10 Å². The number of anilines is 4. The summed E-state index contributed by atoms with van der Waals surface area (Å²) < 4.78 is 27.4. The number of nitrogens with one attached hydrogen (secondary N) is 2. The number of aromatic nitrogens is 3. The van der Waals surface area contributed by atoms with E-state index < -0.39 is 11.6 Å². The Kier molecular flexibility index (Phi) is 4.60. The van der Waals surface area contributed by atoms with Gasteiger partial charge in [0.05, 0.1) is 6.20 Å². The Hall–Kier alpha value is -3.42. The van der Waals surface area contributed by atoms with Gasteiger partial charge in [-0.25, -0.2) is 8.78 Å². The van der Waals surface area contributed by atoms with Crippen LogP contribution < -0.4 is 10.6 Å². The molecule has 126 valence electrons. The zero-order valence-electron chi connectivity index (χ0n) is 13.1. The van der Waals surface area contributed by atoms with Gasteiger partial charge >= 0.3 is 0 Å². The molecular weight excluding hydrogens is 328 g/mol. The maximum atomic E-state index is 13.7. The van der Waals surface area contributed by atoms with Gasteiger partial charge in [-0.2, -0.15) is 10.1 Å². The first-order chi connectivity index (χ1) is 12.0. The number of ketones is 1. The highest BCUT2D eigenvalue weighted by Crippen LogP contribution is 2.22. The van der Waals surface area contributed by atoms with E-state index in [-0.39, 0.29) is 17.4 Å². The molecule has 0 aliphatic carbocycles. The van der Waals surface area contributed by atoms with Gasteiger partial charge in [0.2, 0.25) is 5.95 Å². The van der Waals surface area contributed by atoms with Crippen molar-refractivity contribution in [3.05, 3.63) is 65.9 Å². The molecule has 0 atom stereocenters. The Morgan fingerprint density at radius 1 is 1.04 bits per heavy atom. The maximum Gasteiger partial charge on any atom is 0.249 e. The van der Waals surface area contributed by atoms with E-state index in [1.807, 2.05) is 0 Å². The zero-order valence-corrected chi connectivity index (χ0v) is 13.1. The van der Waals surface area contributed by atoms with Gasteiger partial charge in [-0.3, -0.25) is 4.79 Å². The molecule has 0 aliphatic heterocycles.